The second kappa shape index (κ2) is 8.36. The molecule has 2 N–H and O–H groups in total. The van der Waals surface area contributed by atoms with Gasteiger partial charge in [0.05, 0.1) is 0 Å². The molecule has 0 spiro atoms. The summed E-state index contributed by atoms with van der Waals surface area (Å²) < 4.78 is 0. The summed E-state index contributed by atoms with van der Waals surface area (Å²) >= 11 is 0. The number of benzene rings is 2. The van der Waals surface area contributed by atoms with Crippen LogP contribution in [0.3, 0.4) is 0 Å². The molecule has 0 atom stereocenters. The number of fused-ring (bicyclic) bond motifs is 1. The Morgan fingerprint density at radius 1 is 0.793 bits per heavy atom. The molecule has 148 valence electrons. The molecule has 0 amide bonds. The Labute approximate surface area is 178 Å². The van der Waals surface area contributed by atoms with Gasteiger partial charge < -0.3 is 17.3 Å². The van der Waals surface area contributed by atoms with Gasteiger partial charge in [-0.15, -0.1) is 0 Å². The Kier molecular flexibility index (Phi) is 5.65. The van der Waals surface area contributed by atoms with Crippen molar-refractivity contribution in [2.24, 2.45) is 0 Å². The molecule has 1 aromatic heterocycles. The third-order valence-electron chi connectivity index (χ3n) is 5.64. The van der Waals surface area contributed by atoms with Gasteiger partial charge in [0.25, 0.3) is 0 Å². The molecule has 0 radical (unpaired) electrons. The quantitative estimate of drug-likeness (QED) is 0.712. The summed E-state index contributed by atoms with van der Waals surface area (Å²) in [6.45, 7) is 4.18. The van der Waals surface area contributed by atoms with Gasteiger partial charge in [-0.25, -0.2) is 9.97 Å². The molecule has 1 saturated heterocycles. The molecule has 29 heavy (non-hydrogen) atoms. The van der Waals surface area contributed by atoms with Crippen LogP contribution < -0.4 is 22.6 Å². The van der Waals surface area contributed by atoms with Crippen molar-refractivity contribution in [3.63, 3.8) is 0 Å². The highest BCUT2D eigenvalue weighted by Gasteiger charge is 2.28. The van der Waals surface area contributed by atoms with E-state index in [2.05, 4.69) is 70.9 Å². The topological polar surface area (TPSA) is 45.6 Å². The summed E-state index contributed by atoms with van der Waals surface area (Å²) in [5.41, 5.74) is 7.15. The van der Waals surface area contributed by atoms with E-state index in [1.807, 2.05) is 6.92 Å². The van der Waals surface area contributed by atoms with Crippen molar-refractivity contribution in [1.29, 1.82) is 0 Å². The number of aryl methyl sites for hydroxylation is 1. The minimum atomic E-state index is 0. The number of halogens is 1. The fourth-order valence-corrected chi connectivity index (χ4v) is 4.18. The molecule has 0 aliphatic carbocycles. The zero-order valence-electron chi connectivity index (χ0n) is 16.6. The minimum Gasteiger partial charge on any atom is -1.00 e. The number of hydrogen-bond acceptors (Lipinski definition) is 3. The summed E-state index contributed by atoms with van der Waals surface area (Å²) in [4.78, 5) is 11.9. The lowest BCUT2D eigenvalue weighted by Gasteiger charge is -2.28. The summed E-state index contributed by atoms with van der Waals surface area (Å²) in [5.74, 6) is 1.96. The van der Waals surface area contributed by atoms with Gasteiger partial charge in [-0.05, 0) is 49.4 Å². The van der Waals surface area contributed by atoms with E-state index in [1.165, 1.54) is 47.3 Å². The van der Waals surface area contributed by atoms with E-state index < -0.39 is 0 Å². The zero-order chi connectivity index (χ0) is 18.9. The van der Waals surface area contributed by atoms with E-state index in [0.717, 1.165) is 30.4 Å². The van der Waals surface area contributed by atoms with Crippen molar-refractivity contribution < 1.29 is 17.7 Å². The Morgan fingerprint density at radius 2 is 1.45 bits per heavy atom. The van der Waals surface area contributed by atoms with Crippen LogP contribution in [0.1, 0.15) is 36.3 Å². The molecule has 4 nitrogen and oxygen atoms in total. The van der Waals surface area contributed by atoms with E-state index in [0.29, 0.717) is 0 Å². The largest absolute Gasteiger partial charge is 1.00 e. The van der Waals surface area contributed by atoms with Crippen molar-refractivity contribution in [2.75, 3.05) is 18.0 Å². The first-order valence-corrected chi connectivity index (χ1v) is 10.1. The number of aromatic nitrogens is 2. The summed E-state index contributed by atoms with van der Waals surface area (Å²) in [7, 11) is 0. The maximum atomic E-state index is 4.80. The van der Waals surface area contributed by atoms with Gasteiger partial charge >= 0.3 is 0 Å². The van der Waals surface area contributed by atoms with Crippen molar-refractivity contribution in [2.45, 2.75) is 26.2 Å². The summed E-state index contributed by atoms with van der Waals surface area (Å²) in [6.07, 6.45) is 6.02. The highest BCUT2D eigenvalue weighted by atomic mass is 35.5. The van der Waals surface area contributed by atoms with Gasteiger partial charge in [-0.1, -0.05) is 42.5 Å². The van der Waals surface area contributed by atoms with Gasteiger partial charge in [-0.3, -0.25) is 5.32 Å². The molecule has 3 aromatic rings. The Morgan fingerprint density at radius 3 is 2.17 bits per heavy atom. The molecule has 5 heteroatoms. The third-order valence-corrected chi connectivity index (χ3v) is 5.64. The number of rotatable bonds is 3. The number of piperidine rings is 1. The van der Waals surface area contributed by atoms with Crippen molar-refractivity contribution in [1.82, 2.24) is 9.97 Å². The molecular formula is C24H25ClN4. The van der Waals surface area contributed by atoms with Crippen LogP contribution in [0.4, 0.5) is 11.5 Å². The minimum absolute atomic E-state index is 0. The molecule has 1 fully saturated rings. The average Bonchev–Trinajstić information content (AvgIpc) is 3.18. The third kappa shape index (κ3) is 3.91. The van der Waals surface area contributed by atoms with E-state index in [9.17, 15) is 0 Å². The van der Waals surface area contributed by atoms with Gasteiger partial charge in [0.2, 0.25) is 5.69 Å². The van der Waals surface area contributed by atoms with Gasteiger partial charge in [0.1, 0.15) is 17.2 Å². The highest BCUT2D eigenvalue weighted by molar-refractivity contribution is 5.86. The molecule has 3 heterocycles. The Hall–Kier alpha value is -2.69. The van der Waals surface area contributed by atoms with E-state index >= 15 is 0 Å². The van der Waals surface area contributed by atoms with Crippen molar-refractivity contribution in [3.8, 4) is 11.1 Å². The monoisotopic (exact) mass is 404 g/mol. The highest BCUT2D eigenvalue weighted by Crippen LogP contribution is 2.32. The van der Waals surface area contributed by atoms with Crippen LogP contribution >= 0.6 is 0 Å². The average molecular weight is 405 g/mol. The van der Waals surface area contributed by atoms with Crippen LogP contribution in [0.25, 0.3) is 22.9 Å². The molecular weight excluding hydrogens is 380 g/mol. The molecule has 5 rings (SSSR count). The van der Waals surface area contributed by atoms with Crippen molar-refractivity contribution >= 4 is 23.3 Å². The molecule has 2 aliphatic rings. The lowest BCUT2D eigenvalue weighted by molar-refractivity contribution is -0.464. The lowest BCUT2D eigenvalue weighted by atomic mass is 10.0. The van der Waals surface area contributed by atoms with Gasteiger partial charge in [0, 0.05) is 24.7 Å². The first-order chi connectivity index (χ1) is 13.8. The second-order valence-corrected chi connectivity index (χ2v) is 7.63. The first-order valence-electron chi connectivity index (χ1n) is 10.1. The van der Waals surface area contributed by atoms with Crippen LogP contribution in [0, 0.1) is 6.92 Å². The summed E-state index contributed by atoms with van der Waals surface area (Å²) in [6, 6.07) is 19.3. The Bertz CT molecular complexity index is 1020. The van der Waals surface area contributed by atoms with Crippen LogP contribution in [0.15, 0.2) is 54.6 Å². The number of quaternary nitrogens is 1. The first kappa shape index (κ1) is 19.6. The molecule has 2 aromatic carbocycles. The smallest absolute Gasteiger partial charge is 0.203 e. The fraction of sp³-hybridized carbons (Fsp3) is 0.250. The number of nitrogens with two attached hydrogens (primary N) is 1. The molecule has 2 aliphatic heterocycles. The number of anilines is 1. The van der Waals surface area contributed by atoms with Gasteiger partial charge in [0.15, 0.2) is 5.82 Å². The molecule has 0 bridgehead atoms. The van der Waals surface area contributed by atoms with E-state index in [4.69, 9.17) is 9.97 Å². The normalized spacial score (nSPS) is 15.5. The molecule has 0 unspecified atom stereocenters. The van der Waals surface area contributed by atoms with Crippen LogP contribution in [-0.2, 0) is 0 Å². The van der Waals surface area contributed by atoms with Crippen LogP contribution in [0.5, 0.6) is 0 Å². The van der Waals surface area contributed by atoms with E-state index in [1.54, 1.807) is 0 Å². The predicted octanol–water partition coefficient (Wildman–Crippen LogP) is 1.15. The Balaban J connectivity index is 0.00000205. The predicted molar refractivity (Wildman–Crippen MR) is 114 cm³/mol. The zero-order valence-corrected chi connectivity index (χ0v) is 17.4. The molecule has 0 saturated carbocycles. The standard InChI is InChI=1S/C24H24N4.ClH/c1-17-25-22-16-21(27-23(22)24(26-17)28-14-6-3-7-15-28)20-12-10-19(11-13-20)18-8-4-2-5-9-18;/h2,4-5,8-13,16,27H,3,6-7,14-15H2,1H3;1H. The number of hydrogen-bond donors (Lipinski definition) is 1. The maximum Gasteiger partial charge on any atom is 0.203 e. The van der Waals surface area contributed by atoms with Gasteiger partial charge in [-0.2, -0.15) is 0 Å². The summed E-state index contributed by atoms with van der Waals surface area (Å²) in [5, 5.41) is 2.26. The van der Waals surface area contributed by atoms with Crippen LogP contribution in [0.2, 0.25) is 0 Å². The SMILES string of the molecule is Cc1nc2c(c(N3CCCCC3)n1)[NH2+]C(c1ccc(-c3ccccc3)cc1)=C2.[Cl-]. The maximum absolute atomic E-state index is 4.80. The van der Waals surface area contributed by atoms with Crippen LogP contribution in [-0.4, -0.2) is 23.1 Å². The van der Waals surface area contributed by atoms with E-state index in [-0.39, 0.29) is 12.4 Å². The van der Waals surface area contributed by atoms with Crippen molar-refractivity contribution in [3.05, 3.63) is 71.7 Å². The number of nitrogens with zero attached hydrogens (tertiary/aromatic N) is 3. The fourth-order valence-electron chi connectivity index (χ4n) is 4.18. The second-order valence-electron chi connectivity index (χ2n) is 7.63. The lowest BCUT2D eigenvalue weighted by Crippen LogP contribution is -3.00.